The van der Waals surface area contributed by atoms with E-state index in [0.29, 0.717) is 24.7 Å². The van der Waals surface area contributed by atoms with Gasteiger partial charge < -0.3 is 15.1 Å². The Bertz CT molecular complexity index is 872. The van der Waals surface area contributed by atoms with Gasteiger partial charge in [0, 0.05) is 11.8 Å². The van der Waals surface area contributed by atoms with Gasteiger partial charge in [0.2, 0.25) is 0 Å². The van der Waals surface area contributed by atoms with Crippen LogP contribution in [0.3, 0.4) is 0 Å². The summed E-state index contributed by atoms with van der Waals surface area (Å²) in [4.78, 5) is 5.10. The minimum absolute atomic E-state index is 0.0379. The molecular weight excluding hydrogens is 422 g/mol. The molecule has 4 nitrogen and oxygen atoms in total. The van der Waals surface area contributed by atoms with E-state index < -0.39 is 12.2 Å². The Balaban J connectivity index is 1.67. The first-order chi connectivity index (χ1) is 16.0. The van der Waals surface area contributed by atoms with E-state index in [9.17, 15) is 10.2 Å². The lowest BCUT2D eigenvalue weighted by Gasteiger charge is -2.42. The van der Waals surface area contributed by atoms with E-state index in [0.717, 1.165) is 42.5 Å². The number of hydrogen-bond donors (Lipinski definition) is 2. The van der Waals surface area contributed by atoms with E-state index >= 15 is 0 Å². The zero-order valence-electron chi connectivity index (χ0n) is 22.4. The van der Waals surface area contributed by atoms with Crippen LogP contribution in [0.25, 0.3) is 0 Å². The molecule has 0 radical (unpaired) electrons. The van der Waals surface area contributed by atoms with Gasteiger partial charge in [0.15, 0.2) is 0 Å². The monoisotopic (exact) mass is 469 g/mol. The molecule has 3 aliphatic rings. The summed E-state index contributed by atoms with van der Waals surface area (Å²) in [5.41, 5.74) is 6.34. The Kier molecular flexibility index (Phi) is 8.68. The fraction of sp³-hybridized carbons (Fsp3) is 0.700. The first-order valence-electron chi connectivity index (χ1n) is 13.2. The molecule has 0 unspecified atom stereocenters. The largest absolute Gasteiger partial charge is 0.399 e. The summed E-state index contributed by atoms with van der Waals surface area (Å²) in [7, 11) is 1.64. The Morgan fingerprint density at radius 2 is 2.06 bits per heavy atom. The maximum Gasteiger partial charge on any atom is 0.106 e. The summed E-state index contributed by atoms with van der Waals surface area (Å²) in [6.07, 6.45) is 14.8. The maximum absolute atomic E-state index is 10.2. The van der Waals surface area contributed by atoms with Gasteiger partial charge in [-0.05, 0) is 79.8 Å². The molecule has 3 aliphatic carbocycles. The number of aliphatic hydroxyl groups excluding tert-OH is 2. The SMILES string of the molecule is C=C1/C(=C\C=C2/CCC[C@]3(C)C([C@H](C)CCC/C(=N\OC)C(C)(C)C)=CC[C@@H]23)C[C@H](O)C[C@H]1O. The summed E-state index contributed by atoms with van der Waals surface area (Å²) >= 11 is 0. The first-order valence-corrected chi connectivity index (χ1v) is 13.2. The van der Waals surface area contributed by atoms with Crippen LogP contribution in [0.5, 0.6) is 0 Å². The van der Waals surface area contributed by atoms with Crippen molar-refractivity contribution >= 4 is 5.71 Å². The van der Waals surface area contributed by atoms with Crippen LogP contribution >= 0.6 is 0 Å². The number of allylic oxidation sites excluding steroid dienone is 5. The number of fused-ring (bicyclic) bond motifs is 1. The normalized spacial score (nSPS) is 33.8. The summed E-state index contributed by atoms with van der Waals surface area (Å²) < 4.78 is 0. The maximum atomic E-state index is 10.2. The van der Waals surface area contributed by atoms with Crippen molar-refractivity contribution in [2.24, 2.45) is 27.8 Å². The molecule has 2 saturated carbocycles. The van der Waals surface area contributed by atoms with E-state index in [-0.39, 0.29) is 10.8 Å². The predicted molar refractivity (Wildman–Crippen MR) is 142 cm³/mol. The molecular formula is C30H47NO3. The van der Waals surface area contributed by atoms with Crippen LogP contribution in [0.15, 0.2) is 52.3 Å². The summed E-state index contributed by atoms with van der Waals surface area (Å²) in [6.45, 7) is 15.6. The predicted octanol–water partition coefficient (Wildman–Crippen LogP) is 6.90. The topological polar surface area (TPSA) is 62.0 Å². The fourth-order valence-electron chi connectivity index (χ4n) is 6.48. The second-order valence-corrected chi connectivity index (χ2v) is 12.1. The van der Waals surface area contributed by atoms with Gasteiger partial charge in [-0.2, -0.15) is 0 Å². The van der Waals surface area contributed by atoms with Crippen molar-refractivity contribution < 1.29 is 15.1 Å². The highest BCUT2D eigenvalue weighted by Crippen LogP contribution is 2.57. The van der Waals surface area contributed by atoms with Crippen molar-refractivity contribution in [3.05, 3.63) is 47.1 Å². The van der Waals surface area contributed by atoms with E-state index in [4.69, 9.17) is 4.84 Å². The van der Waals surface area contributed by atoms with Crippen LogP contribution in [0.1, 0.15) is 92.4 Å². The Morgan fingerprint density at radius 3 is 2.74 bits per heavy atom. The standard InChI is InChI=1S/C30H47NO3/c1-20(10-8-12-28(31-34-7)29(3,4)5)25-15-16-26-22(11-9-17-30(25,26)6)13-14-23-18-24(32)19-27(33)21(23)2/h13-15,20,24,26-27,32-33H,2,8-12,16-19H2,1,3-7H3/b22-13+,23-14-,31-28+/t20-,24+,26+,27-,30-/m1/s1. The van der Waals surface area contributed by atoms with Crippen LogP contribution in [0.2, 0.25) is 0 Å². The van der Waals surface area contributed by atoms with Crippen LogP contribution in [0.4, 0.5) is 0 Å². The van der Waals surface area contributed by atoms with Crippen molar-refractivity contribution in [2.45, 2.75) is 105 Å². The summed E-state index contributed by atoms with van der Waals surface area (Å²) in [5.74, 6) is 1.13. The van der Waals surface area contributed by atoms with E-state index in [2.05, 4.69) is 64.6 Å². The first kappa shape index (κ1) is 26.9. The summed E-state index contributed by atoms with van der Waals surface area (Å²) in [5, 5.41) is 24.6. The average Bonchev–Trinajstić information content (AvgIpc) is 3.11. The van der Waals surface area contributed by atoms with Gasteiger partial charge in [-0.3, -0.25) is 0 Å². The minimum atomic E-state index is -0.627. The third kappa shape index (κ3) is 5.94. The van der Waals surface area contributed by atoms with Crippen molar-refractivity contribution in [3.63, 3.8) is 0 Å². The highest BCUT2D eigenvalue weighted by molar-refractivity contribution is 5.88. The van der Waals surface area contributed by atoms with E-state index in [1.807, 2.05) is 0 Å². The van der Waals surface area contributed by atoms with Gasteiger partial charge in [-0.25, -0.2) is 0 Å². The lowest BCUT2D eigenvalue weighted by atomic mass is 9.62. The number of oxime groups is 1. The lowest BCUT2D eigenvalue weighted by molar-refractivity contribution is 0.0862. The molecule has 0 aromatic heterocycles. The molecule has 0 spiro atoms. The third-order valence-corrected chi connectivity index (χ3v) is 8.52. The molecule has 190 valence electrons. The van der Waals surface area contributed by atoms with Crippen LogP contribution in [0, 0.1) is 22.7 Å². The minimum Gasteiger partial charge on any atom is -0.399 e. The van der Waals surface area contributed by atoms with E-state index in [1.54, 1.807) is 12.7 Å². The number of aliphatic hydroxyl groups is 2. The van der Waals surface area contributed by atoms with Gasteiger partial charge in [0.25, 0.3) is 0 Å². The molecule has 0 aromatic carbocycles. The highest BCUT2D eigenvalue weighted by atomic mass is 16.6. The number of hydrogen-bond acceptors (Lipinski definition) is 4. The quantitative estimate of drug-likeness (QED) is 0.242. The second-order valence-electron chi connectivity index (χ2n) is 12.1. The molecule has 0 bridgehead atoms. The molecule has 34 heavy (non-hydrogen) atoms. The Labute approximate surface area is 207 Å². The average molecular weight is 470 g/mol. The van der Waals surface area contributed by atoms with Crippen molar-refractivity contribution in [3.8, 4) is 0 Å². The van der Waals surface area contributed by atoms with Crippen molar-refractivity contribution in [1.82, 2.24) is 0 Å². The third-order valence-electron chi connectivity index (χ3n) is 8.52. The highest BCUT2D eigenvalue weighted by Gasteiger charge is 2.45. The zero-order chi connectivity index (χ0) is 25.1. The van der Waals surface area contributed by atoms with Crippen molar-refractivity contribution in [1.29, 1.82) is 0 Å². The Morgan fingerprint density at radius 1 is 1.32 bits per heavy atom. The lowest BCUT2D eigenvalue weighted by Crippen LogP contribution is -2.32. The van der Waals surface area contributed by atoms with Crippen LogP contribution in [-0.2, 0) is 4.84 Å². The van der Waals surface area contributed by atoms with Gasteiger partial charge in [-0.15, -0.1) is 0 Å². The molecule has 2 N–H and O–H groups in total. The van der Waals surface area contributed by atoms with Crippen molar-refractivity contribution in [2.75, 3.05) is 7.11 Å². The number of nitrogens with zero attached hydrogens (tertiary/aromatic N) is 1. The Hall–Kier alpha value is -1.65. The molecule has 0 aromatic rings. The zero-order valence-corrected chi connectivity index (χ0v) is 22.4. The molecule has 0 aliphatic heterocycles. The summed E-state index contributed by atoms with van der Waals surface area (Å²) in [6, 6.07) is 0. The molecule has 3 rings (SSSR count). The van der Waals surface area contributed by atoms with Crippen LogP contribution < -0.4 is 0 Å². The number of rotatable bonds is 7. The van der Waals surface area contributed by atoms with E-state index in [1.165, 1.54) is 24.8 Å². The molecule has 4 heteroatoms. The van der Waals surface area contributed by atoms with Gasteiger partial charge in [0.05, 0.1) is 17.9 Å². The molecule has 0 saturated heterocycles. The smallest absolute Gasteiger partial charge is 0.106 e. The van der Waals surface area contributed by atoms with Gasteiger partial charge >= 0.3 is 0 Å². The van der Waals surface area contributed by atoms with Gasteiger partial charge in [0.1, 0.15) is 7.11 Å². The second kappa shape index (κ2) is 11.0. The molecule has 0 amide bonds. The van der Waals surface area contributed by atoms with Gasteiger partial charge in [-0.1, -0.05) is 75.7 Å². The van der Waals surface area contributed by atoms with Crippen LogP contribution in [-0.4, -0.2) is 35.2 Å². The molecule has 0 heterocycles. The fourth-order valence-corrected chi connectivity index (χ4v) is 6.48. The molecule has 5 atom stereocenters. The molecule has 2 fully saturated rings.